The zero-order valence-electron chi connectivity index (χ0n) is 13.1. The van der Waals surface area contributed by atoms with Crippen molar-refractivity contribution >= 4 is 8.07 Å². The van der Waals surface area contributed by atoms with Crippen molar-refractivity contribution in [2.75, 3.05) is 0 Å². The summed E-state index contributed by atoms with van der Waals surface area (Å²) in [5, 5.41) is 10.7. The third-order valence-electron chi connectivity index (χ3n) is 3.81. The molecule has 0 heterocycles. The molecule has 1 aromatic rings. The summed E-state index contributed by atoms with van der Waals surface area (Å²) in [4.78, 5) is 0. The summed E-state index contributed by atoms with van der Waals surface area (Å²) < 4.78 is 0. The Morgan fingerprint density at radius 3 is 2.10 bits per heavy atom. The predicted molar refractivity (Wildman–Crippen MR) is 88.2 cm³/mol. The average Bonchev–Trinajstić information content (AvgIpc) is 2.77. The van der Waals surface area contributed by atoms with Crippen molar-refractivity contribution in [2.24, 2.45) is 0 Å². The Balaban J connectivity index is 2.38. The van der Waals surface area contributed by atoms with E-state index < -0.39 is 13.7 Å². The monoisotopic (exact) mass is 285 g/mol. The minimum atomic E-state index is -1.41. The molecule has 0 bridgehead atoms. The molecule has 1 aromatic carbocycles. The van der Waals surface area contributed by atoms with Crippen molar-refractivity contribution < 1.29 is 5.11 Å². The van der Waals surface area contributed by atoms with Gasteiger partial charge in [-0.3, -0.25) is 0 Å². The quantitative estimate of drug-likeness (QED) is 0.822. The molecule has 1 nitrogen and oxygen atoms in total. The van der Waals surface area contributed by atoms with Gasteiger partial charge in [-0.2, -0.15) is 0 Å². The summed E-state index contributed by atoms with van der Waals surface area (Å²) in [5.41, 5.74) is 1.86. The third-order valence-corrected chi connectivity index (χ3v) is 5.88. The fourth-order valence-corrected chi connectivity index (χ4v) is 4.67. The molecule has 0 saturated heterocycles. The lowest BCUT2D eigenvalue weighted by Crippen LogP contribution is -2.41. The maximum atomic E-state index is 10.7. The van der Waals surface area contributed by atoms with Crippen molar-refractivity contribution in [2.45, 2.75) is 45.0 Å². The highest BCUT2D eigenvalue weighted by atomic mass is 28.3. The van der Waals surface area contributed by atoms with Crippen molar-refractivity contribution in [1.82, 2.24) is 0 Å². The number of hydrogen-bond acceptors (Lipinski definition) is 1. The summed E-state index contributed by atoms with van der Waals surface area (Å²) in [5.74, 6) is 1.32. The number of rotatable bonds is 4. The molecule has 1 N–H and O–H groups in total. The van der Waals surface area contributed by atoms with Gasteiger partial charge >= 0.3 is 0 Å². The molecule has 0 spiro atoms. The van der Waals surface area contributed by atoms with E-state index in [2.05, 4.69) is 51.0 Å². The smallest absolute Gasteiger partial charge is 0.0665 e. The molecule has 2 rings (SSSR count). The van der Waals surface area contributed by atoms with E-state index in [0.717, 1.165) is 0 Å². The zero-order valence-corrected chi connectivity index (χ0v) is 14.1. The fraction of sp³-hybridized carbons (Fsp3) is 0.389. The van der Waals surface area contributed by atoms with E-state index in [4.69, 9.17) is 0 Å². The van der Waals surface area contributed by atoms with Crippen LogP contribution in [0.25, 0.3) is 0 Å². The van der Waals surface area contributed by atoms with Crippen molar-refractivity contribution in [1.29, 1.82) is 0 Å². The van der Waals surface area contributed by atoms with E-state index in [1.807, 2.05) is 32.0 Å². The van der Waals surface area contributed by atoms with Crippen LogP contribution in [0.15, 0.2) is 30.3 Å². The van der Waals surface area contributed by atoms with E-state index in [9.17, 15) is 5.11 Å². The van der Waals surface area contributed by atoms with Crippen molar-refractivity contribution in [3.8, 4) is 0 Å². The summed E-state index contributed by atoms with van der Waals surface area (Å²) in [6.45, 7) is 10.9. The molecular formula is C18H25OSi. The minimum absolute atomic E-state index is 0.0282. The SMILES string of the molecule is CC(C)(O)[C@@H]([C]1[CH][CH][CH][C]1[Si](C)(C)C)c1ccccc1. The maximum Gasteiger partial charge on any atom is 0.0665 e. The maximum absolute atomic E-state index is 10.7. The normalized spacial score (nSPS) is 20.3. The Bertz CT molecular complexity index is 427. The Morgan fingerprint density at radius 2 is 1.60 bits per heavy atom. The molecule has 0 amide bonds. The second-order valence-corrected chi connectivity index (χ2v) is 12.2. The van der Waals surface area contributed by atoms with E-state index in [-0.39, 0.29) is 5.92 Å². The van der Waals surface area contributed by atoms with Gasteiger partial charge in [0.2, 0.25) is 0 Å². The molecule has 0 unspecified atom stereocenters. The van der Waals surface area contributed by atoms with Crippen LogP contribution in [0.5, 0.6) is 0 Å². The van der Waals surface area contributed by atoms with Gasteiger partial charge in [-0.05, 0) is 50.1 Å². The topological polar surface area (TPSA) is 20.2 Å². The van der Waals surface area contributed by atoms with Crippen LogP contribution >= 0.6 is 0 Å². The Morgan fingerprint density at radius 1 is 1.00 bits per heavy atom. The second kappa shape index (κ2) is 5.65. The minimum Gasteiger partial charge on any atom is -0.390 e. The molecule has 0 aromatic heterocycles. The zero-order chi connectivity index (χ0) is 15.0. The highest BCUT2D eigenvalue weighted by Crippen LogP contribution is 2.50. The Kier molecular flexibility index (Phi) is 4.46. The standard InChI is InChI=1S/C18H25OSi/c1-18(2,19)17(14-10-7-6-8-11-14)15-12-9-13-16(15)20(3,4)5/h6-13,17,19H,1-5H3/t17-/m1/s1. The first-order valence-corrected chi connectivity index (χ1v) is 10.7. The van der Waals surface area contributed by atoms with Gasteiger partial charge in [0.05, 0.1) is 13.7 Å². The van der Waals surface area contributed by atoms with Crippen LogP contribution in [0.2, 0.25) is 19.6 Å². The summed E-state index contributed by atoms with van der Waals surface area (Å²) in [6, 6.07) is 10.3. The first kappa shape index (κ1) is 15.8. The summed E-state index contributed by atoms with van der Waals surface area (Å²) in [7, 11) is -1.41. The molecule has 107 valence electrons. The molecule has 1 aliphatic carbocycles. The van der Waals surface area contributed by atoms with Crippen LogP contribution in [-0.2, 0) is 0 Å². The fourth-order valence-electron chi connectivity index (χ4n) is 2.98. The molecule has 1 aliphatic rings. The third kappa shape index (κ3) is 3.34. The first-order chi connectivity index (χ1) is 9.21. The van der Waals surface area contributed by atoms with E-state index in [1.54, 1.807) is 0 Å². The van der Waals surface area contributed by atoms with Gasteiger partial charge in [0.15, 0.2) is 0 Å². The summed E-state index contributed by atoms with van der Waals surface area (Å²) in [6.07, 6.45) is 6.55. The predicted octanol–water partition coefficient (Wildman–Crippen LogP) is 4.19. The lowest BCUT2D eigenvalue weighted by Gasteiger charge is -2.40. The van der Waals surface area contributed by atoms with Gasteiger partial charge in [0.25, 0.3) is 0 Å². The lowest BCUT2D eigenvalue weighted by molar-refractivity contribution is 0.0565. The van der Waals surface area contributed by atoms with E-state index in [1.165, 1.54) is 17.0 Å². The van der Waals surface area contributed by atoms with E-state index >= 15 is 0 Å². The van der Waals surface area contributed by atoms with Gasteiger partial charge in [-0.15, -0.1) is 0 Å². The van der Waals surface area contributed by atoms with Crippen molar-refractivity contribution in [3.05, 3.63) is 66.6 Å². The molecule has 1 fully saturated rings. The van der Waals surface area contributed by atoms with Gasteiger partial charge in [0, 0.05) is 5.92 Å². The molecule has 5 radical (unpaired) electrons. The number of aliphatic hydroxyl groups is 1. The number of benzene rings is 1. The van der Waals surface area contributed by atoms with Crippen molar-refractivity contribution in [3.63, 3.8) is 0 Å². The molecule has 20 heavy (non-hydrogen) atoms. The number of hydrogen-bond donors (Lipinski definition) is 1. The van der Waals surface area contributed by atoms with Crippen LogP contribution in [0.4, 0.5) is 0 Å². The molecule has 1 atom stereocenters. The van der Waals surface area contributed by atoms with Crippen LogP contribution < -0.4 is 0 Å². The first-order valence-electron chi connectivity index (χ1n) is 7.24. The molecule has 2 heteroatoms. The lowest BCUT2D eigenvalue weighted by atomic mass is 9.74. The van der Waals surface area contributed by atoms with Crippen LogP contribution in [0.3, 0.4) is 0 Å². The van der Waals surface area contributed by atoms with Gasteiger partial charge in [-0.25, -0.2) is 0 Å². The Labute approximate surface area is 125 Å². The second-order valence-electron chi connectivity index (χ2n) is 7.14. The molecule has 1 saturated carbocycles. The van der Waals surface area contributed by atoms with Crippen LogP contribution in [-0.4, -0.2) is 18.8 Å². The molecular weight excluding hydrogens is 260 g/mol. The Hall–Kier alpha value is -0.603. The highest BCUT2D eigenvalue weighted by molar-refractivity contribution is 6.82. The largest absolute Gasteiger partial charge is 0.390 e. The van der Waals surface area contributed by atoms with Crippen LogP contribution in [0.1, 0.15) is 25.3 Å². The highest BCUT2D eigenvalue weighted by Gasteiger charge is 2.46. The van der Waals surface area contributed by atoms with Gasteiger partial charge in [-0.1, -0.05) is 50.0 Å². The molecule has 0 aliphatic heterocycles. The summed E-state index contributed by atoms with van der Waals surface area (Å²) >= 11 is 0. The van der Waals surface area contributed by atoms with Gasteiger partial charge in [0.1, 0.15) is 0 Å². The van der Waals surface area contributed by atoms with Crippen LogP contribution in [0, 0.1) is 30.7 Å². The average molecular weight is 285 g/mol. The van der Waals surface area contributed by atoms with E-state index in [0.29, 0.717) is 0 Å². The van der Waals surface area contributed by atoms with Gasteiger partial charge < -0.3 is 5.11 Å².